The van der Waals surface area contributed by atoms with Crippen molar-refractivity contribution >= 4 is 24.1 Å². The van der Waals surface area contributed by atoms with Crippen molar-refractivity contribution in [2.75, 3.05) is 18.5 Å². The Bertz CT molecular complexity index is 277. The molecule has 0 bridgehead atoms. The lowest BCUT2D eigenvalue weighted by Crippen LogP contribution is -2.20. The summed E-state index contributed by atoms with van der Waals surface area (Å²) in [5.41, 5.74) is 1.05. The van der Waals surface area contributed by atoms with E-state index in [1.165, 1.54) is 0 Å². The second-order valence-corrected chi connectivity index (χ2v) is 2.90. The van der Waals surface area contributed by atoms with Crippen molar-refractivity contribution in [1.82, 2.24) is 0 Å². The van der Waals surface area contributed by atoms with Gasteiger partial charge in [-0.05, 0) is 12.1 Å². The van der Waals surface area contributed by atoms with Crippen LogP contribution in [0.4, 0.5) is 5.69 Å². The van der Waals surface area contributed by atoms with Crippen molar-refractivity contribution in [3.63, 3.8) is 0 Å². The molecular weight excluding hydrogens is 202 g/mol. The molecule has 0 aliphatic heterocycles. The fourth-order valence-electron chi connectivity index (χ4n) is 1.07. The quantitative estimate of drug-likeness (QED) is 0.836. The lowest BCUT2D eigenvalue weighted by atomic mass is 10.3. The fourth-order valence-corrected chi connectivity index (χ4v) is 1.07. The van der Waals surface area contributed by atoms with Gasteiger partial charge >= 0.3 is 5.97 Å². The maximum atomic E-state index is 10.3. The molecule has 0 unspecified atom stereocenters. The summed E-state index contributed by atoms with van der Waals surface area (Å²) in [7, 11) is 1.89. The highest BCUT2D eigenvalue weighted by molar-refractivity contribution is 5.85. The summed E-state index contributed by atoms with van der Waals surface area (Å²) >= 11 is 0. The van der Waals surface area contributed by atoms with Crippen molar-refractivity contribution in [1.29, 1.82) is 0 Å². The summed E-state index contributed by atoms with van der Waals surface area (Å²) in [5.74, 6) is -0.761. The number of carbonyl (C=O) groups is 1. The van der Waals surface area contributed by atoms with Crippen molar-refractivity contribution in [3.8, 4) is 0 Å². The molecule has 4 heteroatoms. The van der Waals surface area contributed by atoms with E-state index in [-0.39, 0.29) is 18.8 Å². The average molecular weight is 216 g/mol. The van der Waals surface area contributed by atoms with Crippen LogP contribution in [0.1, 0.15) is 6.42 Å². The highest BCUT2D eigenvalue weighted by Crippen LogP contribution is 2.10. The van der Waals surface area contributed by atoms with Gasteiger partial charge in [-0.2, -0.15) is 0 Å². The summed E-state index contributed by atoms with van der Waals surface area (Å²) in [5, 5.41) is 8.48. The van der Waals surface area contributed by atoms with E-state index in [0.717, 1.165) is 5.69 Å². The lowest BCUT2D eigenvalue weighted by Gasteiger charge is -2.17. The minimum absolute atomic E-state index is 0. The van der Waals surface area contributed by atoms with Crippen LogP contribution < -0.4 is 4.90 Å². The molecule has 14 heavy (non-hydrogen) atoms. The number of carboxylic acids is 1. The highest BCUT2D eigenvalue weighted by atomic mass is 35.5. The maximum Gasteiger partial charge on any atom is 0.305 e. The zero-order chi connectivity index (χ0) is 9.68. The minimum Gasteiger partial charge on any atom is -0.481 e. The van der Waals surface area contributed by atoms with Gasteiger partial charge < -0.3 is 10.0 Å². The molecule has 0 aliphatic rings. The number of carboxylic acid groups (broad SMARTS) is 1. The first-order valence-corrected chi connectivity index (χ1v) is 4.18. The van der Waals surface area contributed by atoms with Crippen LogP contribution in [0.3, 0.4) is 0 Å². The normalized spacial score (nSPS) is 8.93. The van der Waals surface area contributed by atoms with E-state index < -0.39 is 5.97 Å². The third kappa shape index (κ3) is 4.14. The Morgan fingerprint density at radius 2 is 1.93 bits per heavy atom. The van der Waals surface area contributed by atoms with Crippen molar-refractivity contribution in [2.24, 2.45) is 0 Å². The average Bonchev–Trinajstić information content (AvgIpc) is 2.15. The lowest BCUT2D eigenvalue weighted by molar-refractivity contribution is -0.136. The first-order valence-electron chi connectivity index (χ1n) is 4.18. The number of halogens is 1. The van der Waals surface area contributed by atoms with E-state index in [4.69, 9.17) is 5.11 Å². The SMILES string of the molecule is CN(CCC(=O)O)c1ccccc1.Cl. The van der Waals surface area contributed by atoms with Crippen molar-refractivity contribution in [2.45, 2.75) is 6.42 Å². The summed E-state index contributed by atoms with van der Waals surface area (Å²) in [6, 6.07) is 9.73. The molecule has 1 aromatic rings. The fraction of sp³-hybridized carbons (Fsp3) is 0.300. The van der Waals surface area contributed by atoms with Crippen LogP contribution >= 0.6 is 12.4 Å². The van der Waals surface area contributed by atoms with Gasteiger partial charge in [0.2, 0.25) is 0 Å². The van der Waals surface area contributed by atoms with E-state index in [2.05, 4.69) is 0 Å². The van der Waals surface area contributed by atoms with Gasteiger partial charge in [0, 0.05) is 19.3 Å². The second-order valence-electron chi connectivity index (χ2n) is 2.90. The number of anilines is 1. The topological polar surface area (TPSA) is 40.5 Å². The Morgan fingerprint density at radius 3 is 2.43 bits per heavy atom. The first kappa shape index (κ1) is 12.8. The first-order chi connectivity index (χ1) is 6.20. The van der Waals surface area contributed by atoms with Gasteiger partial charge in [0.25, 0.3) is 0 Å². The highest BCUT2D eigenvalue weighted by Gasteiger charge is 2.02. The third-order valence-electron chi connectivity index (χ3n) is 1.86. The molecule has 3 nitrogen and oxygen atoms in total. The molecule has 78 valence electrons. The molecule has 0 radical (unpaired) electrons. The van der Waals surface area contributed by atoms with E-state index in [0.29, 0.717) is 6.54 Å². The van der Waals surface area contributed by atoms with Crippen LogP contribution in [0.5, 0.6) is 0 Å². The minimum atomic E-state index is -0.761. The van der Waals surface area contributed by atoms with Crippen molar-refractivity contribution < 1.29 is 9.90 Å². The van der Waals surface area contributed by atoms with E-state index in [1.54, 1.807) is 0 Å². The van der Waals surface area contributed by atoms with Crippen LogP contribution in [0, 0.1) is 0 Å². The van der Waals surface area contributed by atoms with Crippen LogP contribution in [-0.2, 0) is 4.79 Å². The number of hydrogen-bond donors (Lipinski definition) is 1. The van der Waals surface area contributed by atoms with Crippen LogP contribution in [-0.4, -0.2) is 24.7 Å². The number of hydrogen-bond acceptors (Lipinski definition) is 2. The van der Waals surface area contributed by atoms with Gasteiger partial charge in [-0.1, -0.05) is 18.2 Å². The molecule has 0 amide bonds. The zero-order valence-corrected chi connectivity index (χ0v) is 8.83. The van der Waals surface area contributed by atoms with Gasteiger partial charge in [0.1, 0.15) is 0 Å². The van der Waals surface area contributed by atoms with E-state index in [1.807, 2.05) is 42.3 Å². The molecule has 0 atom stereocenters. The van der Waals surface area contributed by atoms with E-state index in [9.17, 15) is 4.79 Å². The predicted octanol–water partition coefficient (Wildman–Crippen LogP) is 2.02. The summed E-state index contributed by atoms with van der Waals surface area (Å²) in [6.45, 7) is 0.541. The van der Waals surface area contributed by atoms with Crippen LogP contribution in [0.15, 0.2) is 30.3 Å². The molecule has 0 fully saturated rings. The molecular formula is C10H14ClNO2. The van der Waals surface area contributed by atoms with Gasteiger partial charge in [-0.25, -0.2) is 0 Å². The number of aliphatic carboxylic acids is 1. The molecule has 0 aliphatic carbocycles. The number of rotatable bonds is 4. The molecule has 1 N–H and O–H groups in total. The molecule has 0 spiro atoms. The smallest absolute Gasteiger partial charge is 0.305 e. The summed E-state index contributed by atoms with van der Waals surface area (Å²) in [6.07, 6.45) is 0.172. The van der Waals surface area contributed by atoms with E-state index >= 15 is 0 Å². The van der Waals surface area contributed by atoms with Gasteiger partial charge in [-0.3, -0.25) is 4.79 Å². The van der Waals surface area contributed by atoms with Gasteiger partial charge in [0.05, 0.1) is 6.42 Å². The molecule has 1 aromatic carbocycles. The standard InChI is InChI=1S/C10H13NO2.ClH/c1-11(8-7-10(12)13)9-5-3-2-4-6-9;/h2-6H,7-8H2,1H3,(H,12,13);1H. The molecule has 0 heterocycles. The maximum absolute atomic E-state index is 10.3. The molecule has 1 rings (SSSR count). The Morgan fingerprint density at radius 1 is 1.36 bits per heavy atom. The Labute approximate surface area is 89.8 Å². The second kappa shape index (κ2) is 6.27. The monoisotopic (exact) mass is 215 g/mol. The Hall–Kier alpha value is -1.22. The predicted molar refractivity (Wildman–Crippen MR) is 59.2 cm³/mol. The van der Waals surface area contributed by atoms with Crippen molar-refractivity contribution in [3.05, 3.63) is 30.3 Å². The molecule has 0 aromatic heterocycles. The van der Waals surface area contributed by atoms with Crippen LogP contribution in [0.2, 0.25) is 0 Å². The van der Waals surface area contributed by atoms with Gasteiger partial charge in [-0.15, -0.1) is 12.4 Å². The molecule has 0 saturated heterocycles. The number of benzene rings is 1. The zero-order valence-electron chi connectivity index (χ0n) is 8.01. The largest absolute Gasteiger partial charge is 0.481 e. The third-order valence-corrected chi connectivity index (χ3v) is 1.86. The number of nitrogens with zero attached hydrogens (tertiary/aromatic N) is 1. The Kier molecular flexibility index (Phi) is 5.72. The number of para-hydroxylation sites is 1. The Balaban J connectivity index is 0.00000169. The summed E-state index contributed by atoms with van der Waals surface area (Å²) in [4.78, 5) is 12.2. The van der Waals surface area contributed by atoms with Gasteiger partial charge in [0.15, 0.2) is 0 Å². The molecule has 0 saturated carbocycles. The summed E-state index contributed by atoms with van der Waals surface area (Å²) < 4.78 is 0. The van der Waals surface area contributed by atoms with Crippen LogP contribution in [0.25, 0.3) is 0 Å².